The van der Waals surface area contributed by atoms with Crippen LogP contribution in [0.3, 0.4) is 0 Å². The SMILES string of the molecule is CNS(=O)(=O)c1cccc(Nc2cc(Nc3ccc(C)cc3)ncn2)c1. The van der Waals surface area contributed by atoms with Crippen LogP contribution in [0.4, 0.5) is 23.0 Å². The second-order valence-corrected chi connectivity index (χ2v) is 7.53. The number of aromatic nitrogens is 2. The molecule has 1 heterocycles. The minimum atomic E-state index is -3.50. The standard InChI is InChI=1S/C18H19N5O2S/c1-13-6-8-14(9-7-13)22-17-11-18(21-12-20-17)23-15-4-3-5-16(10-15)26(24,25)19-2/h3-12,19H,1-2H3,(H2,20,21,22,23). The molecule has 0 saturated heterocycles. The zero-order chi connectivity index (χ0) is 18.6. The van der Waals surface area contributed by atoms with Gasteiger partial charge in [0.1, 0.15) is 18.0 Å². The topological polar surface area (TPSA) is 96.0 Å². The highest BCUT2D eigenvalue weighted by atomic mass is 32.2. The maximum atomic E-state index is 11.9. The van der Waals surface area contributed by atoms with E-state index in [4.69, 9.17) is 0 Å². The Kier molecular flexibility index (Phi) is 5.15. The summed E-state index contributed by atoms with van der Waals surface area (Å²) >= 11 is 0. The molecule has 134 valence electrons. The fourth-order valence-electron chi connectivity index (χ4n) is 2.29. The van der Waals surface area contributed by atoms with Crippen LogP contribution in [0, 0.1) is 6.92 Å². The number of nitrogens with one attached hydrogen (secondary N) is 3. The third-order valence-electron chi connectivity index (χ3n) is 3.68. The second-order valence-electron chi connectivity index (χ2n) is 5.64. The molecule has 3 rings (SSSR count). The van der Waals surface area contributed by atoms with Gasteiger partial charge in [-0.1, -0.05) is 23.8 Å². The fourth-order valence-corrected chi connectivity index (χ4v) is 3.06. The van der Waals surface area contributed by atoms with Crippen LogP contribution in [0.1, 0.15) is 5.56 Å². The van der Waals surface area contributed by atoms with E-state index in [1.807, 2.05) is 31.2 Å². The third kappa shape index (κ3) is 4.35. The summed E-state index contributed by atoms with van der Waals surface area (Å²) in [5.74, 6) is 1.18. The van der Waals surface area contributed by atoms with Gasteiger partial charge in [-0.2, -0.15) is 0 Å². The van der Waals surface area contributed by atoms with Crippen LogP contribution in [-0.4, -0.2) is 25.4 Å². The molecule has 26 heavy (non-hydrogen) atoms. The van der Waals surface area contributed by atoms with Crippen molar-refractivity contribution in [2.75, 3.05) is 17.7 Å². The van der Waals surface area contributed by atoms with E-state index < -0.39 is 10.0 Å². The molecule has 0 radical (unpaired) electrons. The van der Waals surface area contributed by atoms with Crippen molar-refractivity contribution in [2.45, 2.75) is 11.8 Å². The highest BCUT2D eigenvalue weighted by molar-refractivity contribution is 7.89. The van der Waals surface area contributed by atoms with Gasteiger partial charge < -0.3 is 10.6 Å². The fraction of sp³-hybridized carbons (Fsp3) is 0.111. The van der Waals surface area contributed by atoms with E-state index >= 15 is 0 Å². The predicted octanol–water partition coefficient (Wildman–Crippen LogP) is 3.18. The maximum absolute atomic E-state index is 11.9. The number of nitrogens with zero attached hydrogens (tertiary/aromatic N) is 2. The monoisotopic (exact) mass is 369 g/mol. The quantitative estimate of drug-likeness (QED) is 0.618. The first kappa shape index (κ1) is 17.8. The highest BCUT2D eigenvalue weighted by Crippen LogP contribution is 2.21. The first-order valence-corrected chi connectivity index (χ1v) is 9.41. The first-order valence-electron chi connectivity index (χ1n) is 7.93. The molecule has 0 saturated carbocycles. The second kappa shape index (κ2) is 7.51. The first-order chi connectivity index (χ1) is 12.5. The molecule has 2 aromatic carbocycles. The molecule has 0 amide bonds. The van der Waals surface area contributed by atoms with Gasteiger partial charge in [0.05, 0.1) is 4.90 Å². The summed E-state index contributed by atoms with van der Waals surface area (Å²) in [4.78, 5) is 8.55. The van der Waals surface area contributed by atoms with Gasteiger partial charge in [0.2, 0.25) is 10.0 Å². The maximum Gasteiger partial charge on any atom is 0.240 e. The largest absolute Gasteiger partial charge is 0.340 e. The Morgan fingerprint density at radius 1 is 0.846 bits per heavy atom. The number of hydrogen-bond acceptors (Lipinski definition) is 6. The van der Waals surface area contributed by atoms with E-state index in [1.165, 1.54) is 25.0 Å². The normalized spacial score (nSPS) is 11.2. The summed E-state index contributed by atoms with van der Waals surface area (Å²) in [6.07, 6.45) is 1.44. The Balaban J connectivity index is 1.79. The number of benzene rings is 2. The van der Waals surface area contributed by atoms with Gasteiger partial charge >= 0.3 is 0 Å². The molecule has 0 atom stereocenters. The smallest absolute Gasteiger partial charge is 0.240 e. The van der Waals surface area contributed by atoms with Crippen molar-refractivity contribution in [3.8, 4) is 0 Å². The number of hydrogen-bond donors (Lipinski definition) is 3. The summed E-state index contributed by atoms with van der Waals surface area (Å²) in [6, 6.07) is 16.2. The van der Waals surface area contributed by atoms with Gasteiger partial charge in [-0.15, -0.1) is 0 Å². The van der Waals surface area contributed by atoms with E-state index in [0.717, 1.165) is 5.69 Å². The Labute approximate surface area is 152 Å². The molecular formula is C18H19N5O2S. The number of anilines is 4. The van der Waals surface area contributed by atoms with Crippen molar-refractivity contribution in [1.82, 2.24) is 14.7 Å². The lowest BCUT2D eigenvalue weighted by Crippen LogP contribution is -2.18. The summed E-state index contributed by atoms with van der Waals surface area (Å²) in [5, 5.41) is 6.30. The molecular weight excluding hydrogens is 350 g/mol. The molecule has 0 aliphatic carbocycles. The average molecular weight is 369 g/mol. The van der Waals surface area contributed by atoms with Crippen molar-refractivity contribution in [3.05, 3.63) is 66.5 Å². The molecule has 3 N–H and O–H groups in total. The molecule has 0 unspecified atom stereocenters. The van der Waals surface area contributed by atoms with Crippen LogP contribution in [0.5, 0.6) is 0 Å². The summed E-state index contributed by atoms with van der Waals surface area (Å²) in [5.41, 5.74) is 2.71. The van der Waals surface area contributed by atoms with E-state index in [2.05, 4.69) is 25.3 Å². The lowest BCUT2D eigenvalue weighted by molar-refractivity contribution is 0.588. The molecule has 8 heteroatoms. The summed E-state index contributed by atoms with van der Waals surface area (Å²) in [6.45, 7) is 2.03. The van der Waals surface area contributed by atoms with E-state index in [9.17, 15) is 8.42 Å². The molecule has 0 bridgehead atoms. The van der Waals surface area contributed by atoms with Crippen LogP contribution in [0.2, 0.25) is 0 Å². The van der Waals surface area contributed by atoms with Crippen molar-refractivity contribution in [3.63, 3.8) is 0 Å². The summed E-state index contributed by atoms with van der Waals surface area (Å²) in [7, 11) is -2.12. The van der Waals surface area contributed by atoms with E-state index in [-0.39, 0.29) is 4.90 Å². The number of rotatable bonds is 6. The third-order valence-corrected chi connectivity index (χ3v) is 5.09. The minimum Gasteiger partial charge on any atom is -0.340 e. The zero-order valence-corrected chi connectivity index (χ0v) is 15.2. The van der Waals surface area contributed by atoms with Gasteiger partial charge in [-0.3, -0.25) is 0 Å². The van der Waals surface area contributed by atoms with Crippen molar-refractivity contribution < 1.29 is 8.42 Å². The van der Waals surface area contributed by atoms with Crippen molar-refractivity contribution >= 4 is 33.0 Å². The van der Waals surface area contributed by atoms with E-state index in [0.29, 0.717) is 17.3 Å². The molecule has 7 nitrogen and oxygen atoms in total. The lowest BCUT2D eigenvalue weighted by atomic mass is 10.2. The molecule has 0 spiro atoms. The van der Waals surface area contributed by atoms with Crippen LogP contribution in [-0.2, 0) is 10.0 Å². The van der Waals surface area contributed by atoms with E-state index in [1.54, 1.807) is 24.3 Å². The zero-order valence-electron chi connectivity index (χ0n) is 14.4. The van der Waals surface area contributed by atoms with Crippen molar-refractivity contribution in [2.24, 2.45) is 0 Å². The molecule has 3 aromatic rings. The van der Waals surface area contributed by atoms with Gasteiger partial charge in [0.15, 0.2) is 0 Å². The van der Waals surface area contributed by atoms with Crippen LogP contribution >= 0.6 is 0 Å². The Morgan fingerprint density at radius 2 is 1.50 bits per heavy atom. The molecule has 0 fully saturated rings. The predicted molar refractivity (Wildman–Crippen MR) is 102 cm³/mol. The Hall–Kier alpha value is -2.97. The van der Waals surface area contributed by atoms with Crippen LogP contribution in [0.15, 0.2) is 65.8 Å². The van der Waals surface area contributed by atoms with Crippen molar-refractivity contribution in [1.29, 1.82) is 0 Å². The van der Waals surface area contributed by atoms with Gasteiger partial charge in [-0.25, -0.2) is 23.1 Å². The Bertz CT molecular complexity index is 1000. The average Bonchev–Trinajstić information content (AvgIpc) is 2.64. The summed E-state index contributed by atoms with van der Waals surface area (Å²) < 4.78 is 26.1. The van der Waals surface area contributed by atoms with Crippen LogP contribution in [0.25, 0.3) is 0 Å². The highest BCUT2D eigenvalue weighted by Gasteiger charge is 2.11. The number of aryl methyl sites for hydroxylation is 1. The number of sulfonamides is 1. The van der Waals surface area contributed by atoms with Gasteiger partial charge in [-0.05, 0) is 44.3 Å². The van der Waals surface area contributed by atoms with Crippen LogP contribution < -0.4 is 15.4 Å². The van der Waals surface area contributed by atoms with Gasteiger partial charge in [0, 0.05) is 17.4 Å². The molecule has 1 aromatic heterocycles. The molecule has 0 aliphatic heterocycles. The van der Waals surface area contributed by atoms with Gasteiger partial charge in [0.25, 0.3) is 0 Å². The minimum absolute atomic E-state index is 0.178. The molecule has 0 aliphatic rings. The lowest BCUT2D eigenvalue weighted by Gasteiger charge is -2.10. The Morgan fingerprint density at radius 3 is 2.15 bits per heavy atom.